The average molecular weight is 342 g/mol. The summed E-state index contributed by atoms with van der Waals surface area (Å²) in [5.41, 5.74) is 11.1. The molecule has 7 nitrogen and oxygen atoms in total. The van der Waals surface area contributed by atoms with Gasteiger partial charge in [-0.1, -0.05) is 0 Å². The summed E-state index contributed by atoms with van der Waals surface area (Å²) in [5, 5.41) is 7.06. The smallest absolute Gasteiger partial charge is 0.244 e. The number of aromatic nitrogens is 3. The molecule has 1 fully saturated rings. The Balaban J connectivity index is 1.71. The molecule has 1 aliphatic rings. The molecular weight excluding hydrogens is 316 g/mol. The van der Waals surface area contributed by atoms with Gasteiger partial charge in [0.05, 0.1) is 5.69 Å². The minimum absolute atomic E-state index is 0.0269. The lowest BCUT2D eigenvalue weighted by Crippen LogP contribution is -2.41. The maximum absolute atomic E-state index is 12.9. The number of rotatable bonds is 3. The highest BCUT2D eigenvalue weighted by atomic mass is 16.2. The van der Waals surface area contributed by atoms with Crippen molar-refractivity contribution < 1.29 is 4.79 Å². The van der Waals surface area contributed by atoms with E-state index in [-0.39, 0.29) is 5.91 Å². The summed E-state index contributed by atoms with van der Waals surface area (Å²) in [6, 6.07) is 1.38. The van der Waals surface area contributed by atoms with Crippen molar-refractivity contribution in [2.45, 2.75) is 33.2 Å². The Morgan fingerprint density at radius 1 is 1.24 bits per heavy atom. The zero-order chi connectivity index (χ0) is 18.0. The molecule has 0 bridgehead atoms. The van der Waals surface area contributed by atoms with Gasteiger partial charge in [0.1, 0.15) is 6.04 Å². The second-order valence-electron chi connectivity index (χ2n) is 6.65. The summed E-state index contributed by atoms with van der Waals surface area (Å²) in [6.07, 6.45) is 4.61. The third kappa shape index (κ3) is 3.51. The Bertz CT molecular complexity index is 736. The summed E-state index contributed by atoms with van der Waals surface area (Å²) in [7, 11) is 0. The molecule has 1 amide bonds. The van der Waals surface area contributed by atoms with Crippen LogP contribution in [0.5, 0.6) is 0 Å². The monoisotopic (exact) mass is 342 g/mol. The average Bonchev–Trinajstić information content (AvgIpc) is 2.80. The largest absolute Gasteiger partial charge is 0.369 e. The number of carbonyl (C=O) groups is 1. The van der Waals surface area contributed by atoms with Gasteiger partial charge < -0.3 is 15.5 Å². The highest BCUT2D eigenvalue weighted by Crippen LogP contribution is 2.23. The van der Waals surface area contributed by atoms with E-state index in [0.29, 0.717) is 6.54 Å². The lowest BCUT2D eigenvalue weighted by Gasteiger charge is -2.26. The zero-order valence-corrected chi connectivity index (χ0v) is 15.1. The van der Waals surface area contributed by atoms with E-state index in [1.165, 1.54) is 5.69 Å². The molecule has 3 N–H and O–H groups in total. The molecule has 0 saturated carbocycles. The van der Waals surface area contributed by atoms with Crippen molar-refractivity contribution in [3.05, 3.63) is 41.0 Å². The van der Waals surface area contributed by atoms with E-state index in [0.717, 1.165) is 48.6 Å². The van der Waals surface area contributed by atoms with E-state index in [1.54, 1.807) is 0 Å². The molecule has 0 aliphatic carbocycles. The predicted molar refractivity (Wildman–Crippen MR) is 97.4 cm³/mol. The van der Waals surface area contributed by atoms with Gasteiger partial charge in [0.2, 0.25) is 5.91 Å². The third-order valence-corrected chi connectivity index (χ3v) is 4.90. The minimum atomic E-state index is -0.659. The summed E-state index contributed by atoms with van der Waals surface area (Å²) >= 11 is 0. The minimum Gasteiger partial charge on any atom is -0.369 e. The molecular formula is C18H26N6O. The Morgan fingerprint density at radius 2 is 2.04 bits per heavy atom. The van der Waals surface area contributed by atoms with E-state index in [9.17, 15) is 4.79 Å². The van der Waals surface area contributed by atoms with E-state index in [1.807, 2.05) is 37.2 Å². The maximum Gasteiger partial charge on any atom is 0.244 e. The van der Waals surface area contributed by atoms with Gasteiger partial charge in [0, 0.05) is 55.5 Å². The van der Waals surface area contributed by atoms with Gasteiger partial charge in [0.25, 0.3) is 0 Å². The zero-order valence-electron chi connectivity index (χ0n) is 15.1. The fourth-order valence-corrected chi connectivity index (χ4v) is 3.54. The molecule has 1 aliphatic heterocycles. The quantitative estimate of drug-likeness (QED) is 0.881. The van der Waals surface area contributed by atoms with Crippen LogP contribution in [0.25, 0.3) is 0 Å². The van der Waals surface area contributed by atoms with Crippen LogP contribution in [-0.2, 0) is 4.79 Å². The predicted octanol–water partition coefficient (Wildman–Crippen LogP) is 1.47. The van der Waals surface area contributed by atoms with Crippen LogP contribution >= 0.6 is 0 Å². The SMILES string of the molecule is Cc1cnccc1N1CCCN(C(=O)[C@H](N)c2c(C)n[nH]c2C)CC1. The molecule has 7 heteroatoms. The van der Waals surface area contributed by atoms with Crippen molar-refractivity contribution in [2.24, 2.45) is 5.73 Å². The lowest BCUT2D eigenvalue weighted by molar-refractivity contribution is -0.132. The van der Waals surface area contributed by atoms with Crippen LogP contribution in [-0.4, -0.2) is 52.2 Å². The first kappa shape index (κ1) is 17.4. The Kier molecular flexibility index (Phi) is 5.03. The number of pyridine rings is 1. The molecule has 25 heavy (non-hydrogen) atoms. The first-order valence-corrected chi connectivity index (χ1v) is 8.70. The van der Waals surface area contributed by atoms with Crippen molar-refractivity contribution in [3.63, 3.8) is 0 Å². The number of nitrogens with zero attached hydrogens (tertiary/aromatic N) is 4. The summed E-state index contributed by atoms with van der Waals surface area (Å²) in [6.45, 7) is 8.96. The van der Waals surface area contributed by atoms with Gasteiger partial charge in [-0.2, -0.15) is 5.10 Å². The molecule has 2 aromatic heterocycles. The van der Waals surface area contributed by atoms with Crippen LogP contribution in [0, 0.1) is 20.8 Å². The van der Waals surface area contributed by atoms with Crippen molar-refractivity contribution in [2.75, 3.05) is 31.1 Å². The van der Waals surface area contributed by atoms with E-state index >= 15 is 0 Å². The Hall–Kier alpha value is -2.41. The van der Waals surface area contributed by atoms with Crippen molar-refractivity contribution in [3.8, 4) is 0 Å². The fraction of sp³-hybridized carbons (Fsp3) is 0.500. The molecule has 3 heterocycles. The molecule has 0 unspecified atom stereocenters. The number of nitrogens with two attached hydrogens (primary N) is 1. The van der Waals surface area contributed by atoms with Gasteiger partial charge in [-0.25, -0.2) is 0 Å². The Labute approximate surface area is 148 Å². The summed E-state index contributed by atoms with van der Waals surface area (Å²) in [5.74, 6) is -0.0269. The highest BCUT2D eigenvalue weighted by Gasteiger charge is 2.28. The van der Waals surface area contributed by atoms with Crippen LogP contribution < -0.4 is 10.6 Å². The Morgan fingerprint density at radius 3 is 2.72 bits per heavy atom. The van der Waals surface area contributed by atoms with Crippen LogP contribution in [0.15, 0.2) is 18.5 Å². The molecule has 0 radical (unpaired) electrons. The van der Waals surface area contributed by atoms with Gasteiger partial charge in [0.15, 0.2) is 0 Å². The standard InChI is InChI=1S/C18H26N6O/c1-12-11-20-6-5-15(12)23-7-4-8-24(10-9-23)18(25)17(19)16-13(2)21-22-14(16)3/h5-6,11,17H,4,7-10,19H2,1-3H3,(H,21,22)/t17-/m1/s1. The fourth-order valence-electron chi connectivity index (χ4n) is 3.54. The van der Waals surface area contributed by atoms with E-state index in [2.05, 4.69) is 27.0 Å². The van der Waals surface area contributed by atoms with Crippen molar-refractivity contribution >= 4 is 11.6 Å². The molecule has 134 valence electrons. The van der Waals surface area contributed by atoms with Crippen LogP contribution in [0.4, 0.5) is 5.69 Å². The number of amides is 1. The number of aromatic amines is 1. The molecule has 0 aromatic carbocycles. The topological polar surface area (TPSA) is 91.1 Å². The second kappa shape index (κ2) is 7.23. The molecule has 3 rings (SSSR count). The number of aryl methyl sites for hydroxylation is 3. The maximum atomic E-state index is 12.9. The summed E-state index contributed by atoms with van der Waals surface area (Å²) < 4.78 is 0. The molecule has 2 aromatic rings. The van der Waals surface area contributed by atoms with Gasteiger partial charge in [-0.15, -0.1) is 0 Å². The molecule has 1 atom stereocenters. The molecule has 0 spiro atoms. The van der Waals surface area contributed by atoms with Crippen molar-refractivity contribution in [1.29, 1.82) is 0 Å². The number of carbonyl (C=O) groups excluding carboxylic acids is 1. The molecule has 1 saturated heterocycles. The number of anilines is 1. The number of hydrogen-bond donors (Lipinski definition) is 2. The second-order valence-corrected chi connectivity index (χ2v) is 6.65. The van der Waals surface area contributed by atoms with Crippen LogP contribution in [0.1, 0.15) is 35.0 Å². The van der Waals surface area contributed by atoms with Gasteiger partial charge >= 0.3 is 0 Å². The lowest BCUT2D eigenvalue weighted by atomic mass is 10.0. The first-order chi connectivity index (χ1) is 12.0. The normalized spacial score (nSPS) is 16.6. The van der Waals surface area contributed by atoms with E-state index in [4.69, 9.17) is 5.73 Å². The number of nitrogens with one attached hydrogen (secondary N) is 1. The van der Waals surface area contributed by atoms with Crippen LogP contribution in [0.2, 0.25) is 0 Å². The van der Waals surface area contributed by atoms with Crippen LogP contribution in [0.3, 0.4) is 0 Å². The van der Waals surface area contributed by atoms with Crippen molar-refractivity contribution in [1.82, 2.24) is 20.1 Å². The first-order valence-electron chi connectivity index (χ1n) is 8.70. The third-order valence-electron chi connectivity index (χ3n) is 4.90. The number of H-pyrrole nitrogens is 1. The number of hydrogen-bond acceptors (Lipinski definition) is 5. The van der Waals surface area contributed by atoms with Gasteiger partial charge in [-0.05, 0) is 38.8 Å². The van der Waals surface area contributed by atoms with E-state index < -0.39 is 6.04 Å². The van der Waals surface area contributed by atoms with Gasteiger partial charge in [-0.3, -0.25) is 14.9 Å². The summed E-state index contributed by atoms with van der Waals surface area (Å²) in [4.78, 5) is 21.3. The highest BCUT2D eigenvalue weighted by molar-refractivity contribution is 5.83.